The van der Waals surface area contributed by atoms with E-state index in [1.807, 2.05) is 43.9 Å². The summed E-state index contributed by atoms with van der Waals surface area (Å²) in [4.78, 5) is 34.0. The summed E-state index contributed by atoms with van der Waals surface area (Å²) in [5, 5.41) is 4.57. The van der Waals surface area contributed by atoms with E-state index >= 15 is 0 Å². The maximum atomic E-state index is 14.7. The molecule has 4 aliphatic carbocycles. The van der Waals surface area contributed by atoms with Crippen LogP contribution in [0.2, 0.25) is 0 Å². The second-order valence-corrected chi connectivity index (χ2v) is 16.9. The van der Waals surface area contributed by atoms with Crippen molar-refractivity contribution in [1.82, 2.24) is 14.8 Å². The molecule has 0 unspecified atom stereocenters. The third kappa shape index (κ3) is 7.94. The minimum atomic E-state index is -0.461. The molecule has 1 amide bonds. The van der Waals surface area contributed by atoms with E-state index < -0.39 is 5.60 Å². The molecule has 3 aromatic rings. The van der Waals surface area contributed by atoms with Gasteiger partial charge in [-0.2, -0.15) is 5.10 Å². The summed E-state index contributed by atoms with van der Waals surface area (Å²) in [5.74, 6) is 2.19. The molecule has 2 bridgehead atoms. The summed E-state index contributed by atoms with van der Waals surface area (Å²) in [6.07, 6.45) is 17.5. The van der Waals surface area contributed by atoms with E-state index in [-0.39, 0.29) is 34.7 Å². The molecular weight excluding hydrogens is 624 g/mol. The van der Waals surface area contributed by atoms with Crippen LogP contribution in [0.25, 0.3) is 11.1 Å². The second-order valence-electron chi connectivity index (χ2n) is 16.9. The fourth-order valence-corrected chi connectivity index (χ4v) is 8.90. The lowest BCUT2D eigenvalue weighted by Gasteiger charge is -2.55. The number of benzene rings is 1. The number of amides is 1. The van der Waals surface area contributed by atoms with Crippen molar-refractivity contribution in [1.29, 1.82) is 0 Å². The van der Waals surface area contributed by atoms with Crippen LogP contribution in [0.4, 0.5) is 5.82 Å². The van der Waals surface area contributed by atoms with Crippen LogP contribution in [-0.4, -0.2) is 45.9 Å². The fraction of sp³-hybridized carbons (Fsp3) is 0.619. The van der Waals surface area contributed by atoms with Crippen LogP contribution in [0, 0.1) is 24.2 Å². The Labute approximate surface area is 299 Å². The van der Waals surface area contributed by atoms with E-state index in [2.05, 4.69) is 61.2 Å². The zero-order valence-electron chi connectivity index (χ0n) is 31.5. The van der Waals surface area contributed by atoms with Crippen LogP contribution in [0.1, 0.15) is 129 Å². The number of hydrogen-bond donors (Lipinski definition) is 0. The normalized spacial score (nSPS) is 25.0. The maximum absolute atomic E-state index is 14.7. The Hall–Kier alpha value is -3.68. The van der Waals surface area contributed by atoms with E-state index in [1.54, 1.807) is 7.11 Å². The number of pyridine rings is 1. The van der Waals surface area contributed by atoms with E-state index in [1.165, 1.54) is 11.1 Å². The highest BCUT2D eigenvalue weighted by Crippen LogP contribution is 2.58. The number of rotatable bonds is 11. The predicted octanol–water partition coefficient (Wildman–Crippen LogP) is 9.40. The number of carbonyl (C=O) groups excluding carboxylic acids is 2. The summed E-state index contributed by atoms with van der Waals surface area (Å²) in [6.45, 7) is 12.8. The molecule has 0 saturated heterocycles. The van der Waals surface area contributed by atoms with Crippen molar-refractivity contribution in [3.8, 4) is 16.9 Å². The highest BCUT2D eigenvalue weighted by atomic mass is 16.6. The summed E-state index contributed by atoms with van der Waals surface area (Å²) < 4.78 is 13.1. The smallest absolute Gasteiger partial charge is 0.306 e. The maximum Gasteiger partial charge on any atom is 0.306 e. The van der Waals surface area contributed by atoms with Gasteiger partial charge in [-0.25, -0.2) is 4.98 Å². The first-order valence-electron chi connectivity index (χ1n) is 19.0. The van der Waals surface area contributed by atoms with Gasteiger partial charge in [0, 0.05) is 42.9 Å². The van der Waals surface area contributed by atoms with Gasteiger partial charge in [-0.05, 0) is 164 Å². The molecule has 50 heavy (non-hydrogen) atoms. The third-order valence-electron chi connectivity index (χ3n) is 12.0. The third-order valence-corrected chi connectivity index (χ3v) is 12.0. The Kier molecular flexibility index (Phi) is 10.5. The standard InChI is InChI=1S/C42H58N4O4/c1-29(2)46-27-34(26-44-46)33-16-23-43-37(25-33)45(39(48)32-11-8-31(9-12-32)10-15-38(47)50-40(4,5)6)28-41-17-20-42(21-18-41,22-19-41)35-13-14-36(49-7)30(3)24-35/h13-14,16,23-27,29,31-32H,8-12,15,17-22,28H2,1-7H3. The summed E-state index contributed by atoms with van der Waals surface area (Å²) >= 11 is 0. The molecule has 4 aliphatic rings. The van der Waals surface area contributed by atoms with Crippen molar-refractivity contribution in [3.63, 3.8) is 0 Å². The molecule has 4 fully saturated rings. The van der Waals surface area contributed by atoms with Crippen molar-refractivity contribution in [2.45, 2.75) is 136 Å². The van der Waals surface area contributed by atoms with Gasteiger partial charge in [0.25, 0.3) is 0 Å². The molecule has 8 nitrogen and oxygen atoms in total. The number of aryl methyl sites for hydroxylation is 1. The Morgan fingerprint density at radius 2 is 1.68 bits per heavy atom. The zero-order valence-corrected chi connectivity index (χ0v) is 31.5. The Bertz CT molecular complexity index is 1640. The van der Waals surface area contributed by atoms with E-state index in [0.717, 1.165) is 93.3 Å². The molecule has 4 saturated carbocycles. The zero-order chi connectivity index (χ0) is 35.7. The number of esters is 1. The first-order chi connectivity index (χ1) is 23.8. The number of nitrogens with zero attached hydrogens (tertiary/aromatic N) is 4. The van der Waals surface area contributed by atoms with Crippen LogP contribution in [-0.2, 0) is 19.7 Å². The highest BCUT2D eigenvalue weighted by Gasteiger charge is 2.51. The Morgan fingerprint density at radius 3 is 2.28 bits per heavy atom. The SMILES string of the molecule is COc1ccc(C23CCC(CN(C(=O)C4CCC(CCC(=O)OC(C)(C)C)CC4)c4cc(-c5cnn(C(C)C)c5)ccn4)(CC2)CC3)cc1C. The topological polar surface area (TPSA) is 86.5 Å². The predicted molar refractivity (Wildman–Crippen MR) is 198 cm³/mol. The van der Waals surface area contributed by atoms with Crippen molar-refractivity contribution in [3.05, 3.63) is 60.0 Å². The van der Waals surface area contributed by atoms with Crippen molar-refractivity contribution in [2.24, 2.45) is 17.3 Å². The summed E-state index contributed by atoms with van der Waals surface area (Å²) in [5.41, 5.74) is 4.54. The first kappa shape index (κ1) is 36.1. The second kappa shape index (κ2) is 14.5. The lowest BCUT2D eigenvalue weighted by molar-refractivity contribution is -0.155. The van der Waals surface area contributed by atoms with Crippen molar-refractivity contribution >= 4 is 17.7 Å². The van der Waals surface area contributed by atoms with Gasteiger partial charge in [0.05, 0.1) is 13.3 Å². The van der Waals surface area contributed by atoms with Gasteiger partial charge in [0.15, 0.2) is 0 Å². The van der Waals surface area contributed by atoms with Gasteiger partial charge in [-0.3, -0.25) is 19.2 Å². The number of fused-ring (bicyclic) bond motifs is 3. The molecule has 0 aliphatic heterocycles. The molecule has 0 radical (unpaired) electrons. The average Bonchev–Trinajstić information content (AvgIpc) is 3.61. The van der Waals surface area contributed by atoms with Gasteiger partial charge < -0.3 is 9.47 Å². The Balaban J connectivity index is 1.19. The van der Waals surface area contributed by atoms with E-state index in [4.69, 9.17) is 14.5 Å². The van der Waals surface area contributed by atoms with Crippen molar-refractivity contribution in [2.75, 3.05) is 18.6 Å². The molecule has 8 heteroatoms. The van der Waals surface area contributed by atoms with Gasteiger partial charge in [0.1, 0.15) is 17.2 Å². The van der Waals surface area contributed by atoms with Crippen molar-refractivity contribution < 1.29 is 19.1 Å². The van der Waals surface area contributed by atoms with Gasteiger partial charge >= 0.3 is 5.97 Å². The number of hydrogen-bond acceptors (Lipinski definition) is 6. The van der Waals surface area contributed by atoms with Crippen LogP contribution >= 0.6 is 0 Å². The number of ether oxygens (including phenoxy) is 2. The molecule has 0 N–H and O–H groups in total. The summed E-state index contributed by atoms with van der Waals surface area (Å²) in [6, 6.07) is 11.1. The minimum absolute atomic E-state index is 0.0353. The Morgan fingerprint density at radius 1 is 0.980 bits per heavy atom. The number of anilines is 1. The van der Waals surface area contributed by atoms with Crippen LogP contribution in [0.15, 0.2) is 48.9 Å². The summed E-state index contributed by atoms with van der Waals surface area (Å²) in [7, 11) is 1.74. The molecule has 0 atom stereocenters. The molecule has 270 valence electrons. The average molecular weight is 683 g/mol. The molecule has 1 aromatic carbocycles. The monoisotopic (exact) mass is 682 g/mol. The lowest BCUT2D eigenvalue weighted by Crippen LogP contribution is -2.52. The van der Waals surface area contributed by atoms with Crippen LogP contribution in [0.5, 0.6) is 5.75 Å². The fourth-order valence-electron chi connectivity index (χ4n) is 8.90. The van der Waals surface area contributed by atoms with Crippen LogP contribution < -0.4 is 9.64 Å². The van der Waals surface area contributed by atoms with E-state index in [0.29, 0.717) is 18.9 Å². The van der Waals surface area contributed by atoms with Crippen LogP contribution in [0.3, 0.4) is 0 Å². The van der Waals surface area contributed by atoms with Gasteiger partial charge in [-0.15, -0.1) is 0 Å². The lowest BCUT2D eigenvalue weighted by atomic mass is 9.51. The largest absolute Gasteiger partial charge is 0.496 e. The number of methoxy groups -OCH3 is 1. The quantitative estimate of drug-likeness (QED) is 0.187. The number of aromatic nitrogens is 3. The van der Waals surface area contributed by atoms with E-state index in [9.17, 15) is 9.59 Å². The molecule has 7 rings (SSSR count). The van der Waals surface area contributed by atoms with Gasteiger partial charge in [0.2, 0.25) is 5.91 Å². The minimum Gasteiger partial charge on any atom is -0.496 e. The molecule has 2 heterocycles. The molecule has 0 spiro atoms. The highest BCUT2D eigenvalue weighted by molar-refractivity contribution is 5.95. The molecular formula is C42H58N4O4. The van der Waals surface area contributed by atoms with Gasteiger partial charge in [-0.1, -0.05) is 12.1 Å². The number of carbonyl (C=O) groups is 2. The first-order valence-corrected chi connectivity index (χ1v) is 19.0. The molecule has 2 aromatic heterocycles.